The van der Waals surface area contributed by atoms with Crippen LogP contribution in [0.2, 0.25) is 0 Å². The molecule has 0 aliphatic rings. The Morgan fingerprint density at radius 2 is 1.55 bits per heavy atom. The second-order valence-electron chi connectivity index (χ2n) is 7.37. The first-order chi connectivity index (χ1) is 14.9. The second-order valence-corrected chi connectivity index (χ2v) is 8.93. The Morgan fingerprint density at radius 3 is 2.26 bits per heavy atom. The molecule has 0 aliphatic carbocycles. The highest BCUT2D eigenvalue weighted by Crippen LogP contribution is 2.28. The van der Waals surface area contributed by atoms with Gasteiger partial charge in [0.25, 0.3) is 0 Å². The number of phenolic OH excluding ortho intramolecular Hbond substituents is 1. The molecule has 0 fully saturated rings. The highest BCUT2D eigenvalue weighted by atomic mass is 32.2. The number of sulfonamides is 1. The molecule has 0 aromatic heterocycles. The fourth-order valence-electron chi connectivity index (χ4n) is 3.41. The molecule has 154 valence electrons. The summed E-state index contributed by atoms with van der Waals surface area (Å²) in [4.78, 5) is 0.0673. The van der Waals surface area contributed by atoms with Crippen LogP contribution in [-0.2, 0) is 22.9 Å². The number of nitrogens with two attached hydrogens (primary N) is 1. The Morgan fingerprint density at radius 1 is 0.806 bits per heavy atom. The molecule has 31 heavy (non-hydrogen) atoms. The third kappa shape index (κ3) is 5.13. The van der Waals surface area contributed by atoms with E-state index < -0.39 is 10.0 Å². The van der Waals surface area contributed by atoms with Gasteiger partial charge in [0, 0.05) is 18.4 Å². The van der Waals surface area contributed by atoms with Gasteiger partial charge in [-0.25, -0.2) is 13.6 Å². The minimum absolute atomic E-state index is 0.0673. The summed E-state index contributed by atoms with van der Waals surface area (Å²) in [5.74, 6) is 6.62. The largest absolute Gasteiger partial charge is 0.508 e. The van der Waals surface area contributed by atoms with E-state index in [1.54, 1.807) is 18.2 Å². The van der Waals surface area contributed by atoms with Crippen molar-refractivity contribution in [2.75, 3.05) is 0 Å². The summed E-state index contributed by atoms with van der Waals surface area (Å²) in [6, 6.07) is 26.1. The lowest BCUT2D eigenvalue weighted by atomic mass is 9.99. The number of benzene rings is 4. The van der Waals surface area contributed by atoms with E-state index in [4.69, 9.17) is 5.14 Å². The third-order valence-electron chi connectivity index (χ3n) is 5.05. The van der Waals surface area contributed by atoms with Crippen LogP contribution in [0.25, 0.3) is 10.8 Å². The van der Waals surface area contributed by atoms with Gasteiger partial charge in [-0.3, -0.25) is 0 Å². The highest BCUT2D eigenvalue weighted by molar-refractivity contribution is 7.89. The first-order valence-corrected chi connectivity index (χ1v) is 11.3. The highest BCUT2D eigenvalue weighted by Gasteiger charge is 2.09. The Bertz CT molecular complexity index is 1400. The number of fused-ring (bicyclic) bond motifs is 1. The van der Waals surface area contributed by atoms with Crippen molar-refractivity contribution in [1.29, 1.82) is 0 Å². The van der Waals surface area contributed by atoms with Gasteiger partial charge in [0.1, 0.15) is 5.75 Å². The number of rotatable bonds is 4. The van der Waals surface area contributed by atoms with E-state index in [0.29, 0.717) is 12.8 Å². The average Bonchev–Trinajstić information content (AvgIpc) is 2.75. The van der Waals surface area contributed by atoms with Crippen molar-refractivity contribution in [2.45, 2.75) is 17.7 Å². The van der Waals surface area contributed by atoms with Gasteiger partial charge in [-0.2, -0.15) is 0 Å². The lowest BCUT2D eigenvalue weighted by molar-refractivity contribution is 0.470. The Balaban J connectivity index is 1.58. The zero-order chi connectivity index (χ0) is 21.8. The molecule has 0 unspecified atom stereocenters. The van der Waals surface area contributed by atoms with Crippen LogP contribution in [0.3, 0.4) is 0 Å². The fraction of sp³-hybridized carbons (Fsp3) is 0.0769. The van der Waals surface area contributed by atoms with Crippen molar-refractivity contribution in [1.82, 2.24) is 0 Å². The standard InChI is InChI=1S/C26H21NO3S/c27-31(29,30)25-13-10-21(11-14-25)16-24-17-23-15-20(9-12-22(23)18-26(24)28)8-4-7-19-5-2-1-3-6-19/h1-3,5-6,9-15,17-18,28H,7,16H2,(H2,27,29,30). The van der Waals surface area contributed by atoms with Crippen LogP contribution >= 0.6 is 0 Å². The minimum atomic E-state index is -3.72. The predicted octanol–water partition coefficient (Wildman–Crippen LogP) is 4.38. The number of aromatic hydroxyl groups is 1. The van der Waals surface area contributed by atoms with E-state index in [1.807, 2.05) is 42.5 Å². The molecule has 0 aliphatic heterocycles. The quantitative estimate of drug-likeness (QED) is 0.475. The zero-order valence-corrected chi connectivity index (χ0v) is 17.6. The SMILES string of the molecule is NS(=O)(=O)c1ccc(Cc2cc3cc(C#CCc4ccccc4)ccc3cc2O)cc1. The molecule has 0 radical (unpaired) electrons. The molecule has 4 nitrogen and oxygen atoms in total. The van der Waals surface area contributed by atoms with Crippen LogP contribution in [-0.4, -0.2) is 13.5 Å². The molecule has 0 heterocycles. The van der Waals surface area contributed by atoms with Crippen LogP contribution in [0, 0.1) is 11.8 Å². The molecule has 5 heteroatoms. The normalized spacial score (nSPS) is 11.1. The van der Waals surface area contributed by atoms with Gasteiger partial charge in [0.15, 0.2) is 0 Å². The Kier molecular flexibility index (Phi) is 5.77. The van der Waals surface area contributed by atoms with Gasteiger partial charge in [-0.1, -0.05) is 60.4 Å². The van der Waals surface area contributed by atoms with Gasteiger partial charge in [0.05, 0.1) is 4.90 Å². The van der Waals surface area contributed by atoms with Gasteiger partial charge in [0.2, 0.25) is 10.0 Å². The van der Waals surface area contributed by atoms with Crippen molar-refractivity contribution < 1.29 is 13.5 Å². The molecular weight excluding hydrogens is 406 g/mol. The number of hydrogen-bond donors (Lipinski definition) is 2. The fourth-order valence-corrected chi connectivity index (χ4v) is 3.93. The molecule has 0 bridgehead atoms. The summed E-state index contributed by atoms with van der Waals surface area (Å²) in [5.41, 5.74) is 3.72. The topological polar surface area (TPSA) is 80.4 Å². The van der Waals surface area contributed by atoms with Gasteiger partial charge in [-0.15, -0.1) is 0 Å². The zero-order valence-electron chi connectivity index (χ0n) is 16.7. The van der Waals surface area contributed by atoms with Crippen LogP contribution < -0.4 is 5.14 Å². The molecule has 4 aromatic rings. The average molecular weight is 428 g/mol. The number of primary sulfonamides is 1. The van der Waals surface area contributed by atoms with Gasteiger partial charge >= 0.3 is 0 Å². The van der Waals surface area contributed by atoms with Crippen molar-refractivity contribution >= 4 is 20.8 Å². The van der Waals surface area contributed by atoms with Crippen LogP contribution in [0.15, 0.2) is 89.8 Å². The Labute approximate surface area is 182 Å². The summed E-state index contributed by atoms with van der Waals surface area (Å²) >= 11 is 0. The maximum atomic E-state index is 11.4. The van der Waals surface area contributed by atoms with Crippen LogP contribution in [0.1, 0.15) is 22.3 Å². The van der Waals surface area contributed by atoms with Gasteiger partial charge in [-0.05, 0) is 63.9 Å². The second kappa shape index (κ2) is 8.65. The summed E-state index contributed by atoms with van der Waals surface area (Å²) in [7, 11) is -3.72. The maximum absolute atomic E-state index is 11.4. The molecule has 3 N–H and O–H groups in total. The monoisotopic (exact) mass is 427 g/mol. The van der Waals surface area contributed by atoms with E-state index >= 15 is 0 Å². The van der Waals surface area contributed by atoms with E-state index in [9.17, 15) is 13.5 Å². The third-order valence-corrected chi connectivity index (χ3v) is 5.98. The van der Waals surface area contributed by atoms with Crippen molar-refractivity contribution in [3.8, 4) is 17.6 Å². The molecule has 0 saturated heterocycles. The molecule has 4 aromatic carbocycles. The lowest BCUT2D eigenvalue weighted by Crippen LogP contribution is -2.11. The predicted molar refractivity (Wildman–Crippen MR) is 123 cm³/mol. The van der Waals surface area contributed by atoms with E-state index in [-0.39, 0.29) is 10.6 Å². The van der Waals surface area contributed by atoms with Crippen molar-refractivity contribution in [2.24, 2.45) is 5.14 Å². The summed E-state index contributed by atoms with van der Waals surface area (Å²) in [6.45, 7) is 0. The van der Waals surface area contributed by atoms with Crippen LogP contribution in [0.4, 0.5) is 0 Å². The molecule has 0 atom stereocenters. The van der Waals surface area contributed by atoms with Gasteiger partial charge < -0.3 is 5.11 Å². The Hall–Kier alpha value is -3.59. The number of hydrogen-bond acceptors (Lipinski definition) is 3. The molecule has 4 rings (SSSR count). The summed E-state index contributed by atoms with van der Waals surface area (Å²) < 4.78 is 22.8. The lowest BCUT2D eigenvalue weighted by Gasteiger charge is -2.08. The van der Waals surface area contributed by atoms with E-state index in [2.05, 4.69) is 24.0 Å². The first-order valence-electron chi connectivity index (χ1n) is 9.79. The minimum Gasteiger partial charge on any atom is -0.508 e. The number of phenols is 1. The smallest absolute Gasteiger partial charge is 0.238 e. The van der Waals surface area contributed by atoms with Crippen LogP contribution in [0.5, 0.6) is 5.75 Å². The summed E-state index contributed by atoms with van der Waals surface area (Å²) in [6.07, 6.45) is 1.16. The molecule has 0 spiro atoms. The molecule has 0 amide bonds. The van der Waals surface area contributed by atoms with E-state index in [1.165, 1.54) is 17.7 Å². The first kappa shape index (κ1) is 20.7. The van der Waals surface area contributed by atoms with Crippen molar-refractivity contribution in [3.05, 3.63) is 107 Å². The van der Waals surface area contributed by atoms with Crippen molar-refractivity contribution in [3.63, 3.8) is 0 Å². The molecular formula is C26H21NO3S. The maximum Gasteiger partial charge on any atom is 0.238 e. The van der Waals surface area contributed by atoms with E-state index in [0.717, 1.165) is 27.5 Å². The molecule has 0 saturated carbocycles. The summed E-state index contributed by atoms with van der Waals surface area (Å²) in [5, 5.41) is 17.5.